The number of nitrogens with zero attached hydrogens (tertiary/aromatic N) is 3. The summed E-state index contributed by atoms with van der Waals surface area (Å²) in [7, 11) is 0. The predicted octanol–water partition coefficient (Wildman–Crippen LogP) is 5.66. The second-order valence-electron chi connectivity index (χ2n) is 6.88. The van der Waals surface area contributed by atoms with Crippen molar-refractivity contribution in [3.8, 4) is 6.07 Å². The van der Waals surface area contributed by atoms with Gasteiger partial charge in [0.15, 0.2) is 0 Å². The van der Waals surface area contributed by atoms with Gasteiger partial charge in [0.05, 0.1) is 29.2 Å². The van der Waals surface area contributed by atoms with Crippen LogP contribution in [0.1, 0.15) is 23.5 Å². The van der Waals surface area contributed by atoms with Gasteiger partial charge in [-0.2, -0.15) is 5.26 Å². The molecule has 148 valence electrons. The number of nitriles is 1. The number of fused-ring (bicyclic) bond motifs is 1. The van der Waals surface area contributed by atoms with Crippen LogP contribution in [0.2, 0.25) is 10.0 Å². The lowest BCUT2D eigenvalue weighted by atomic mass is 9.86. The molecule has 2 aromatic carbocycles. The molecule has 0 radical (unpaired) electrons. The number of anilines is 1. The summed E-state index contributed by atoms with van der Waals surface area (Å²) in [5, 5.41) is 11.3. The second-order valence-corrected chi connectivity index (χ2v) is 8.63. The standard InChI is InChI=1S/C21H16Cl2FN3OS/c1-12-15(22)4-3-7-18(12)26-10-27-19(28)8-13(14(9-25)21(27)29-11-26)20-16(23)5-2-6-17(20)24/h2-7,13H,8,10-11H2,1H3/t13-/m1/s1. The Morgan fingerprint density at radius 2 is 1.93 bits per heavy atom. The maximum Gasteiger partial charge on any atom is 0.229 e. The maximum atomic E-state index is 14.5. The molecule has 2 aromatic rings. The summed E-state index contributed by atoms with van der Waals surface area (Å²) >= 11 is 13.9. The highest BCUT2D eigenvalue weighted by Crippen LogP contribution is 2.45. The molecule has 0 bridgehead atoms. The monoisotopic (exact) mass is 447 g/mol. The van der Waals surface area contributed by atoms with Crippen LogP contribution in [0.15, 0.2) is 47.0 Å². The van der Waals surface area contributed by atoms with E-state index in [1.807, 2.05) is 30.0 Å². The van der Waals surface area contributed by atoms with Crippen LogP contribution < -0.4 is 4.90 Å². The molecule has 0 N–H and O–H groups in total. The number of thioether (sulfide) groups is 1. The van der Waals surface area contributed by atoms with E-state index in [1.165, 1.54) is 23.9 Å². The van der Waals surface area contributed by atoms with Crippen LogP contribution in [0.5, 0.6) is 0 Å². The van der Waals surface area contributed by atoms with E-state index < -0.39 is 11.7 Å². The zero-order valence-corrected chi connectivity index (χ0v) is 17.8. The van der Waals surface area contributed by atoms with Gasteiger partial charge in [-0.25, -0.2) is 4.39 Å². The van der Waals surface area contributed by atoms with E-state index in [4.69, 9.17) is 23.2 Å². The maximum absolute atomic E-state index is 14.5. The molecule has 4 nitrogen and oxygen atoms in total. The van der Waals surface area contributed by atoms with E-state index in [9.17, 15) is 14.4 Å². The SMILES string of the molecule is Cc1c(Cl)cccc1N1CSC2=C(C#N)[C@H](c3c(F)cccc3Cl)CC(=O)N2C1. The summed E-state index contributed by atoms with van der Waals surface area (Å²) in [4.78, 5) is 16.6. The Bertz CT molecular complexity index is 1060. The Kier molecular flexibility index (Phi) is 5.48. The molecule has 1 atom stereocenters. The molecule has 0 spiro atoms. The fourth-order valence-electron chi connectivity index (χ4n) is 3.74. The first-order chi connectivity index (χ1) is 13.9. The molecule has 8 heteroatoms. The van der Waals surface area contributed by atoms with E-state index in [0.717, 1.165) is 11.3 Å². The van der Waals surface area contributed by atoms with Gasteiger partial charge in [-0.15, -0.1) is 0 Å². The number of carbonyl (C=O) groups excluding carboxylic acids is 1. The normalized spacial score (nSPS) is 19.3. The topological polar surface area (TPSA) is 47.3 Å². The summed E-state index contributed by atoms with van der Waals surface area (Å²) < 4.78 is 14.5. The molecule has 0 aromatic heterocycles. The van der Waals surface area contributed by atoms with Crippen molar-refractivity contribution in [3.05, 3.63) is 74.0 Å². The predicted molar refractivity (Wildman–Crippen MR) is 114 cm³/mol. The van der Waals surface area contributed by atoms with Crippen molar-refractivity contribution in [1.29, 1.82) is 5.26 Å². The summed E-state index contributed by atoms with van der Waals surface area (Å²) in [5.74, 6) is -0.808. The highest BCUT2D eigenvalue weighted by Gasteiger charge is 2.40. The third-order valence-electron chi connectivity index (χ3n) is 5.22. The molecule has 2 aliphatic rings. The van der Waals surface area contributed by atoms with Crippen molar-refractivity contribution in [2.24, 2.45) is 0 Å². The zero-order chi connectivity index (χ0) is 20.7. The van der Waals surface area contributed by atoms with Gasteiger partial charge >= 0.3 is 0 Å². The minimum absolute atomic E-state index is 0.00399. The minimum atomic E-state index is -0.681. The summed E-state index contributed by atoms with van der Waals surface area (Å²) in [6, 6.07) is 12.2. The smallest absolute Gasteiger partial charge is 0.229 e. The van der Waals surface area contributed by atoms with E-state index in [-0.39, 0.29) is 22.9 Å². The third-order valence-corrected chi connectivity index (χ3v) is 7.12. The van der Waals surface area contributed by atoms with E-state index >= 15 is 0 Å². The Hall–Kier alpha value is -2.20. The first-order valence-corrected chi connectivity index (χ1v) is 10.7. The molecule has 2 aliphatic heterocycles. The van der Waals surface area contributed by atoms with Crippen molar-refractivity contribution >= 4 is 46.6 Å². The first-order valence-electron chi connectivity index (χ1n) is 8.93. The molecular formula is C21H16Cl2FN3OS. The van der Waals surface area contributed by atoms with Crippen molar-refractivity contribution in [2.45, 2.75) is 19.3 Å². The summed E-state index contributed by atoms with van der Waals surface area (Å²) in [5.41, 5.74) is 2.46. The summed E-state index contributed by atoms with van der Waals surface area (Å²) in [6.07, 6.45) is -0.00399. The Morgan fingerprint density at radius 1 is 1.21 bits per heavy atom. The molecule has 0 saturated carbocycles. The van der Waals surface area contributed by atoms with Gasteiger partial charge in [0.2, 0.25) is 5.91 Å². The lowest BCUT2D eigenvalue weighted by Gasteiger charge is -2.42. The van der Waals surface area contributed by atoms with E-state index in [2.05, 4.69) is 6.07 Å². The largest absolute Gasteiger partial charge is 0.343 e. The number of rotatable bonds is 2. The van der Waals surface area contributed by atoms with Crippen molar-refractivity contribution < 1.29 is 9.18 Å². The van der Waals surface area contributed by atoms with E-state index in [0.29, 0.717) is 28.2 Å². The van der Waals surface area contributed by atoms with Gasteiger partial charge in [-0.05, 0) is 36.8 Å². The van der Waals surface area contributed by atoms with Crippen LogP contribution in [0.25, 0.3) is 0 Å². The third kappa shape index (κ3) is 3.48. The van der Waals surface area contributed by atoms with Crippen LogP contribution >= 0.6 is 35.0 Å². The lowest BCUT2D eigenvalue weighted by Crippen LogP contribution is -2.47. The number of hydrogen-bond donors (Lipinski definition) is 0. The molecule has 1 fully saturated rings. The molecule has 1 amide bonds. The second kappa shape index (κ2) is 7.91. The molecule has 0 aliphatic carbocycles. The number of halogens is 3. The quantitative estimate of drug-likeness (QED) is 0.595. The van der Waals surface area contributed by atoms with Crippen LogP contribution in [-0.4, -0.2) is 23.4 Å². The zero-order valence-electron chi connectivity index (χ0n) is 15.5. The number of hydrogen-bond acceptors (Lipinski definition) is 4. The minimum Gasteiger partial charge on any atom is -0.343 e. The van der Waals surface area contributed by atoms with Crippen LogP contribution in [0, 0.1) is 24.1 Å². The average molecular weight is 448 g/mol. The van der Waals surface area contributed by atoms with Gasteiger partial charge in [0, 0.05) is 33.6 Å². The number of allylic oxidation sites excluding steroid dienone is 1. The molecular weight excluding hydrogens is 432 g/mol. The van der Waals surface area contributed by atoms with Crippen molar-refractivity contribution in [1.82, 2.24) is 4.90 Å². The highest BCUT2D eigenvalue weighted by molar-refractivity contribution is 8.03. The van der Waals surface area contributed by atoms with Crippen LogP contribution in [0.3, 0.4) is 0 Å². The average Bonchev–Trinajstić information content (AvgIpc) is 2.70. The number of amides is 1. The molecule has 29 heavy (non-hydrogen) atoms. The molecule has 1 saturated heterocycles. The van der Waals surface area contributed by atoms with Crippen molar-refractivity contribution in [3.63, 3.8) is 0 Å². The molecule has 2 heterocycles. The van der Waals surface area contributed by atoms with Crippen LogP contribution in [-0.2, 0) is 4.79 Å². The summed E-state index contributed by atoms with van der Waals surface area (Å²) in [6.45, 7) is 2.24. The van der Waals surface area contributed by atoms with Gasteiger partial charge < -0.3 is 4.90 Å². The lowest BCUT2D eigenvalue weighted by molar-refractivity contribution is -0.129. The van der Waals surface area contributed by atoms with Crippen molar-refractivity contribution in [2.75, 3.05) is 17.4 Å². The van der Waals surface area contributed by atoms with Gasteiger partial charge in [-0.1, -0.05) is 47.1 Å². The highest BCUT2D eigenvalue weighted by atomic mass is 35.5. The molecule has 4 rings (SSSR count). The molecule has 0 unspecified atom stereocenters. The fourth-order valence-corrected chi connectivity index (χ4v) is 5.37. The van der Waals surface area contributed by atoms with E-state index in [1.54, 1.807) is 11.0 Å². The Balaban J connectivity index is 1.73. The number of benzene rings is 2. The van der Waals surface area contributed by atoms with Gasteiger partial charge in [-0.3, -0.25) is 9.69 Å². The Morgan fingerprint density at radius 3 is 2.66 bits per heavy atom. The van der Waals surface area contributed by atoms with Crippen LogP contribution in [0.4, 0.5) is 10.1 Å². The first kappa shape index (κ1) is 20.1. The Labute approximate surface area is 182 Å². The number of carbonyl (C=O) groups is 1. The van der Waals surface area contributed by atoms with Gasteiger partial charge in [0.1, 0.15) is 5.82 Å². The fraction of sp³-hybridized carbons (Fsp3) is 0.238. The van der Waals surface area contributed by atoms with Gasteiger partial charge in [0.25, 0.3) is 0 Å².